The summed E-state index contributed by atoms with van der Waals surface area (Å²) in [5.41, 5.74) is -2.43. The van der Waals surface area contributed by atoms with E-state index >= 15 is 0 Å². The molecule has 0 amide bonds. The SMILES string of the molecule is CC(=O)/C=C/C12C(C)=CC(CC1(C)C)C(C(=O)O)C2C(=O)OC(=O)C1C(C(=O)O)C2C=C(C)C1(/C=C/C(C)=O)C(C)(C)C2. The Hall–Kier alpha value is -3.62. The second kappa shape index (κ2) is 10.5. The third-order valence-electron chi connectivity index (χ3n) is 11.0. The zero-order valence-corrected chi connectivity index (χ0v) is 26.1. The number of fused-ring (bicyclic) bond motifs is 4. The van der Waals surface area contributed by atoms with E-state index in [4.69, 9.17) is 4.74 Å². The molecule has 2 saturated carbocycles. The highest BCUT2D eigenvalue weighted by Crippen LogP contribution is 2.68. The fraction of sp³-hybridized carbons (Fsp3) is 0.588. The van der Waals surface area contributed by atoms with Crippen molar-refractivity contribution in [2.24, 2.45) is 57.2 Å². The Balaban J connectivity index is 1.86. The molecule has 0 radical (unpaired) electrons. The number of carbonyl (C=O) groups excluding carboxylic acids is 4. The quantitative estimate of drug-likeness (QED) is 0.172. The predicted molar refractivity (Wildman–Crippen MR) is 156 cm³/mol. The lowest BCUT2D eigenvalue weighted by molar-refractivity contribution is -0.191. The second-order valence-electron chi connectivity index (χ2n) is 14.3. The molecular weight excluding hydrogens is 552 g/mol. The van der Waals surface area contributed by atoms with Gasteiger partial charge in [-0.05, 0) is 75.4 Å². The first kappa shape index (κ1) is 32.3. The molecule has 0 heterocycles. The van der Waals surface area contributed by atoms with Gasteiger partial charge in [-0.1, -0.05) is 63.1 Å². The fourth-order valence-corrected chi connectivity index (χ4v) is 9.44. The Morgan fingerprint density at radius 1 is 0.698 bits per heavy atom. The molecule has 232 valence electrons. The third-order valence-corrected chi connectivity index (χ3v) is 11.0. The van der Waals surface area contributed by atoms with Gasteiger partial charge in [-0.15, -0.1) is 0 Å². The molecule has 0 aliphatic heterocycles. The molecule has 0 saturated heterocycles. The van der Waals surface area contributed by atoms with Crippen LogP contribution in [0.4, 0.5) is 0 Å². The second-order valence-corrected chi connectivity index (χ2v) is 14.3. The lowest BCUT2D eigenvalue weighted by Gasteiger charge is -2.61. The maximum Gasteiger partial charge on any atom is 0.318 e. The van der Waals surface area contributed by atoms with Gasteiger partial charge in [0.2, 0.25) is 0 Å². The van der Waals surface area contributed by atoms with Gasteiger partial charge >= 0.3 is 23.9 Å². The minimum atomic E-state index is -1.35. The number of ether oxygens (including phenoxy) is 1. The van der Waals surface area contributed by atoms with Crippen molar-refractivity contribution in [3.8, 4) is 0 Å². The third kappa shape index (κ3) is 4.66. The van der Waals surface area contributed by atoms with Gasteiger partial charge in [-0.25, -0.2) is 0 Å². The first-order chi connectivity index (χ1) is 19.7. The van der Waals surface area contributed by atoms with Crippen LogP contribution < -0.4 is 0 Å². The van der Waals surface area contributed by atoms with Crippen LogP contribution in [0.25, 0.3) is 0 Å². The molecule has 9 nitrogen and oxygen atoms in total. The topological polar surface area (TPSA) is 152 Å². The average molecular weight is 595 g/mol. The first-order valence-corrected chi connectivity index (χ1v) is 14.7. The number of hydrogen-bond acceptors (Lipinski definition) is 7. The largest absolute Gasteiger partial charge is 0.481 e. The molecule has 0 aromatic rings. The molecule has 6 rings (SSSR count). The standard InChI is InChI=1S/C34H42O9/c1-17-13-21-15-31(5,6)33(17,11-9-19(3)35)25(23(21)27(37)38)29(41)43-30(42)26-24(28(39)40)22-14-18(2)34(26,12-10-20(4)36)32(7,8)16-22/h9-14,21-26H,15-16H2,1-8H3,(H,37,38)(H,39,40)/b11-9+,12-10+. The summed E-state index contributed by atoms with van der Waals surface area (Å²) in [4.78, 5) is 78.0. The summed E-state index contributed by atoms with van der Waals surface area (Å²) in [5.74, 6) is -11.3. The summed E-state index contributed by atoms with van der Waals surface area (Å²) in [6.07, 6.45) is 10.3. The van der Waals surface area contributed by atoms with E-state index < -0.39 is 81.0 Å². The summed E-state index contributed by atoms with van der Waals surface area (Å²) >= 11 is 0. The molecule has 9 heteroatoms. The van der Waals surface area contributed by atoms with Gasteiger partial charge in [0.15, 0.2) is 11.6 Å². The molecule has 6 aliphatic carbocycles. The van der Waals surface area contributed by atoms with Crippen molar-refractivity contribution in [3.63, 3.8) is 0 Å². The minimum Gasteiger partial charge on any atom is -0.481 e. The van der Waals surface area contributed by atoms with E-state index in [-0.39, 0.29) is 11.6 Å². The van der Waals surface area contributed by atoms with E-state index in [1.165, 1.54) is 26.0 Å². The van der Waals surface area contributed by atoms with Crippen LogP contribution in [0.1, 0.15) is 68.2 Å². The summed E-state index contributed by atoms with van der Waals surface area (Å²) in [6, 6.07) is 0. The first-order valence-electron chi connectivity index (χ1n) is 14.7. The number of carbonyl (C=O) groups is 6. The van der Waals surface area contributed by atoms with E-state index in [1.54, 1.807) is 26.0 Å². The van der Waals surface area contributed by atoms with Gasteiger partial charge in [-0.2, -0.15) is 0 Å². The molecule has 43 heavy (non-hydrogen) atoms. The monoisotopic (exact) mass is 594 g/mol. The van der Waals surface area contributed by atoms with Crippen molar-refractivity contribution in [1.29, 1.82) is 0 Å². The predicted octanol–water partition coefficient (Wildman–Crippen LogP) is 4.97. The number of carboxylic acids is 2. The van der Waals surface area contributed by atoms with Gasteiger partial charge in [0.1, 0.15) is 0 Å². The van der Waals surface area contributed by atoms with Crippen molar-refractivity contribution in [2.45, 2.75) is 68.2 Å². The van der Waals surface area contributed by atoms with Crippen LogP contribution in [-0.4, -0.2) is 45.7 Å². The van der Waals surface area contributed by atoms with Crippen molar-refractivity contribution in [2.75, 3.05) is 0 Å². The van der Waals surface area contributed by atoms with E-state index in [2.05, 4.69) is 0 Å². The maximum atomic E-state index is 14.2. The molecule has 4 bridgehead atoms. The van der Waals surface area contributed by atoms with Gasteiger partial charge in [0, 0.05) is 10.8 Å². The lowest BCUT2D eigenvalue weighted by Crippen LogP contribution is -2.62. The van der Waals surface area contributed by atoms with Crippen LogP contribution in [0.3, 0.4) is 0 Å². The Labute approximate surface area is 252 Å². The fourth-order valence-electron chi connectivity index (χ4n) is 9.44. The van der Waals surface area contributed by atoms with Crippen molar-refractivity contribution < 1.29 is 43.7 Å². The number of esters is 2. The number of carboxylic acid groups (broad SMARTS) is 2. The highest BCUT2D eigenvalue weighted by Gasteiger charge is 2.68. The number of allylic oxidation sites excluding steroid dienone is 8. The van der Waals surface area contributed by atoms with Crippen LogP contribution in [0.2, 0.25) is 0 Å². The molecule has 8 unspecified atom stereocenters. The molecule has 0 aromatic carbocycles. The molecule has 2 fully saturated rings. The summed E-state index contributed by atoms with van der Waals surface area (Å²) < 4.78 is 5.65. The molecule has 2 N–H and O–H groups in total. The van der Waals surface area contributed by atoms with Gasteiger partial charge in [0.05, 0.1) is 23.7 Å². The van der Waals surface area contributed by atoms with Crippen molar-refractivity contribution >= 4 is 35.4 Å². The molecule has 0 spiro atoms. The average Bonchev–Trinajstić information content (AvgIpc) is 2.84. The molecule has 6 aliphatic rings. The van der Waals surface area contributed by atoms with Crippen molar-refractivity contribution in [1.82, 2.24) is 0 Å². The minimum absolute atomic E-state index is 0.285. The molecular formula is C34H42O9. The highest BCUT2D eigenvalue weighted by atomic mass is 16.6. The van der Waals surface area contributed by atoms with Crippen LogP contribution in [0.15, 0.2) is 47.6 Å². The number of hydrogen-bond donors (Lipinski definition) is 2. The van der Waals surface area contributed by atoms with E-state index in [0.29, 0.717) is 24.0 Å². The summed E-state index contributed by atoms with van der Waals surface area (Å²) in [7, 11) is 0. The lowest BCUT2D eigenvalue weighted by atomic mass is 9.41. The Morgan fingerprint density at radius 2 is 1.02 bits per heavy atom. The highest BCUT2D eigenvalue weighted by molar-refractivity contribution is 5.95. The maximum absolute atomic E-state index is 14.2. The van der Waals surface area contributed by atoms with E-state index in [9.17, 15) is 39.0 Å². The van der Waals surface area contributed by atoms with E-state index in [0.717, 1.165) is 0 Å². The van der Waals surface area contributed by atoms with Gasteiger partial charge in [0.25, 0.3) is 0 Å². The number of aliphatic carboxylic acids is 2. The van der Waals surface area contributed by atoms with Crippen LogP contribution in [-0.2, 0) is 33.5 Å². The Morgan fingerprint density at radius 3 is 1.28 bits per heavy atom. The normalized spacial score (nSPS) is 37.1. The zero-order valence-electron chi connectivity index (χ0n) is 26.1. The Bertz CT molecular complexity index is 1320. The zero-order chi connectivity index (χ0) is 32.4. The summed E-state index contributed by atoms with van der Waals surface area (Å²) in [5, 5.41) is 20.7. The van der Waals surface area contributed by atoms with Crippen LogP contribution >= 0.6 is 0 Å². The van der Waals surface area contributed by atoms with Crippen LogP contribution in [0.5, 0.6) is 0 Å². The smallest absolute Gasteiger partial charge is 0.318 e. The number of ketones is 2. The number of rotatable bonds is 8. The summed E-state index contributed by atoms with van der Waals surface area (Å²) in [6.45, 7) is 13.9. The van der Waals surface area contributed by atoms with Gasteiger partial charge in [-0.3, -0.25) is 28.8 Å². The van der Waals surface area contributed by atoms with Crippen LogP contribution in [0, 0.1) is 57.2 Å². The van der Waals surface area contributed by atoms with Crippen molar-refractivity contribution in [3.05, 3.63) is 47.6 Å². The Kier molecular flexibility index (Phi) is 7.91. The van der Waals surface area contributed by atoms with E-state index in [1.807, 2.05) is 39.8 Å². The molecule has 8 atom stereocenters. The molecule has 0 aromatic heterocycles. The van der Waals surface area contributed by atoms with Gasteiger partial charge < -0.3 is 14.9 Å².